The molecule has 7 heteroatoms. The van der Waals surface area contributed by atoms with E-state index in [1.807, 2.05) is 12.1 Å². The number of benzene rings is 2. The summed E-state index contributed by atoms with van der Waals surface area (Å²) in [7, 11) is 3.35. The summed E-state index contributed by atoms with van der Waals surface area (Å²) in [6.45, 7) is 5.86. The van der Waals surface area contributed by atoms with Crippen LogP contribution in [0.2, 0.25) is 0 Å². The first-order valence-corrected chi connectivity index (χ1v) is 10.4. The van der Waals surface area contributed by atoms with Gasteiger partial charge in [-0.2, -0.15) is 0 Å². The molecule has 162 valence electrons. The standard InChI is InChI=1S/C23H32N4O3/c1-24-23(25-10-9-18-7-8-21(29-2)15-22(18)28)26-16-19-5-3-4-6-20(19)17-27-11-13-30-14-12-27/h3-8,15,28H,9-14,16-17H2,1-2H3,(H2,24,25,26). The summed E-state index contributed by atoms with van der Waals surface area (Å²) in [5.74, 6) is 1.64. The predicted octanol–water partition coefficient (Wildman–Crippen LogP) is 2.14. The first-order chi connectivity index (χ1) is 14.7. The van der Waals surface area contributed by atoms with Crippen LogP contribution in [0.25, 0.3) is 0 Å². The monoisotopic (exact) mass is 412 g/mol. The molecule has 1 saturated heterocycles. The zero-order valence-corrected chi connectivity index (χ0v) is 17.9. The molecule has 1 fully saturated rings. The highest BCUT2D eigenvalue weighted by molar-refractivity contribution is 5.79. The van der Waals surface area contributed by atoms with Gasteiger partial charge in [-0.15, -0.1) is 0 Å². The first kappa shape index (κ1) is 21.9. The van der Waals surface area contributed by atoms with Gasteiger partial charge >= 0.3 is 0 Å². The summed E-state index contributed by atoms with van der Waals surface area (Å²) >= 11 is 0. The van der Waals surface area contributed by atoms with Crippen molar-refractivity contribution >= 4 is 5.96 Å². The van der Waals surface area contributed by atoms with Crippen molar-refractivity contribution in [3.05, 3.63) is 59.2 Å². The summed E-state index contributed by atoms with van der Waals surface area (Å²) in [6.07, 6.45) is 0.685. The van der Waals surface area contributed by atoms with E-state index in [9.17, 15) is 5.11 Å². The van der Waals surface area contributed by atoms with Gasteiger partial charge in [0.15, 0.2) is 5.96 Å². The van der Waals surface area contributed by atoms with Crippen molar-refractivity contribution in [2.45, 2.75) is 19.5 Å². The van der Waals surface area contributed by atoms with Crippen molar-refractivity contribution in [1.29, 1.82) is 0 Å². The van der Waals surface area contributed by atoms with Crippen molar-refractivity contribution in [3.63, 3.8) is 0 Å². The Morgan fingerprint density at radius 2 is 1.87 bits per heavy atom. The fourth-order valence-electron chi connectivity index (χ4n) is 3.48. The zero-order valence-electron chi connectivity index (χ0n) is 17.9. The Morgan fingerprint density at radius 3 is 2.57 bits per heavy atom. The first-order valence-electron chi connectivity index (χ1n) is 10.4. The Morgan fingerprint density at radius 1 is 1.10 bits per heavy atom. The zero-order chi connectivity index (χ0) is 21.2. The van der Waals surface area contributed by atoms with Crippen molar-refractivity contribution in [2.75, 3.05) is 47.0 Å². The number of aromatic hydroxyl groups is 1. The number of methoxy groups -OCH3 is 1. The number of ether oxygens (including phenoxy) is 2. The Hall–Kier alpha value is -2.77. The van der Waals surface area contributed by atoms with E-state index in [4.69, 9.17) is 9.47 Å². The molecule has 0 aliphatic carbocycles. The summed E-state index contributed by atoms with van der Waals surface area (Å²) in [5, 5.41) is 16.8. The predicted molar refractivity (Wildman–Crippen MR) is 119 cm³/mol. The van der Waals surface area contributed by atoms with Crippen LogP contribution in [0.3, 0.4) is 0 Å². The quantitative estimate of drug-likeness (QED) is 0.456. The molecule has 2 aromatic rings. The average molecular weight is 413 g/mol. The molecule has 7 nitrogen and oxygen atoms in total. The van der Waals surface area contributed by atoms with Gasteiger partial charge in [0.05, 0.1) is 20.3 Å². The van der Waals surface area contributed by atoms with Crippen molar-refractivity contribution in [3.8, 4) is 11.5 Å². The van der Waals surface area contributed by atoms with E-state index in [2.05, 4.69) is 44.8 Å². The molecule has 1 aliphatic heterocycles. The number of phenolic OH excluding ortho intramolecular Hbond substituents is 1. The highest BCUT2D eigenvalue weighted by atomic mass is 16.5. The summed E-state index contributed by atoms with van der Waals surface area (Å²) in [5.41, 5.74) is 3.46. The number of rotatable bonds is 8. The summed E-state index contributed by atoms with van der Waals surface area (Å²) in [4.78, 5) is 6.74. The normalized spacial score (nSPS) is 15.1. The van der Waals surface area contributed by atoms with Gasteiger partial charge in [0, 0.05) is 45.8 Å². The number of hydrogen-bond donors (Lipinski definition) is 3. The summed E-state index contributed by atoms with van der Waals surface area (Å²) in [6, 6.07) is 13.9. The number of guanidine groups is 1. The van der Waals surface area contributed by atoms with Gasteiger partial charge < -0.3 is 25.2 Å². The van der Waals surface area contributed by atoms with Gasteiger partial charge in [-0.1, -0.05) is 30.3 Å². The molecule has 0 radical (unpaired) electrons. The molecule has 1 aliphatic rings. The lowest BCUT2D eigenvalue weighted by Crippen LogP contribution is -2.38. The van der Waals surface area contributed by atoms with Gasteiger partial charge in [0.25, 0.3) is 0 Å². The molecule has 0 aromatic heterocycles. The van der Waals surface area contributed by atoms with Crippen LogP contribution < -0.4 is 15.4 Å². The van der Waals surface area contributed by atoms with E-state index in [-0.39, 0.29) is 5.75 Å². The fourth-order valence-corrected chi connectivity index (χ4v) is 3.48. The Kier molecular flexibility index (Phi) is 8.35. The number of nitrogens with one attached hydrogen (secondary N) is 2. The van der Waals surface area contributed by atoms with Crippen LogP contribution >= 0.6 is 0 Å². The number of nitrogens with zero attached hydrogens (tertiary/aromatic N) is 2. The Balaban J connectivity index is 1.49. The van der Waals surface area contributed by atoms with E-state index in [0.29, 0.717) is 25.3 Å². The lowest BCUT2D eigenvalue weighted by molar-refractivity contribution is 0.0341. The van der Waals surface area contributed by atoms with Crippen molar-refractivity contribution < 1.29 is 14.6 Å². The molecule has 0 saturated carbocycles. The van der Waals surface area contributed by atoms with Crippen molar-refractivity contribution in [1.82, 2.24) is 15.5 Å². The number of phenols is 1. The molecule has 3 rings (SSSR count). The molecular formula is C23H32N4O3. The lowest BCUT2D eigenvalue weighted by Gasteiger charge is -2.27. The maximum Gasteiger partial charge on any atom is 0.191 e. The van der Waals surface area contributed by atoms with Crippen LogP contribution in [0.5, 0.6) is 11.5 Å². The smallest absolute Gasteiger partial charge is 0.191 e. The largest absolute Gasteiger partial charge is 0.508 e. The van der Waals surface area contributed by atoms with E-state index >= 15 is 0 Å². The molecule has 0 bridgehead atoms. The van der Waals surface area contributed by atoms with E-state index in [0.717, 1.165) is 44.4 Å². The minimum atomic E-state index is 0.246. The molecule has 0 atom stereocenters. The van der Waals surface area contributed by atoms with Gasteiger partial charge in [0.1, 0.15) is 11.5 Å². The van der Waals surface area contributed by atoms with Crippen LogP contribution in [-0.4, -0.2) is 63.0 Å². The highest BCUT2D eigenvalue weighted by Crippen LogP contribution is 2.23. The SMILES string of the molecule is CN=C(NCCc1ccc(OC)cc1O)NCc1ccccc1CN1CCOCC1. The molecule has 0 spiro atoms. The molecule has 0 amide bonds. The Labute approximate surface area is 178 Å². The van der Waals surface area contributed by atoms with E-state index in [1.165, 1.54) is 11.1 Å². The third-order valence-corrected chi connectivity index (χ3v) is 5.27. The summed E-state index contributed by atoms with van der Waals surface area (Å²) < 4.78 is 10.6. The second-order valence-corrected chi connectivity index (χ2v) is 7.25. The molecular weight excluding hydrogens is 380 g/mol. The topological polar surface area (TPSA) is 78.4 Å². The van der Waals surface area contributed by atoms with Crippen LogP contribution in [0, 0.1) is 0 Å². The minimum Gasteiger partial charge on any atom is -0.508 e. The number of aliphatic imine (C=N–C) groups is 1. The van der Waals surface area contributed by atoms with Crippen LogP contribution in [0.15, 0.2) is 47.5 Å². The van der Waals surface area contributed by atoms with Gasteiger partial charge in [-0.05, 0) is 29.2 Å². The highest BCUT2D eigenvalue weighted by Gasteiger charge is 2.13. The number of hydrogen-bond acceptors (Lipinski definition) is 5. The van der Waals surface area contributed by atoms with E-state index in [1.54, 1.807) is 20.2 Å². The lowest BCUT2D eigenvalue weighted by atomic mass is 10.1. The molecule has 2 aromatic carbocycles. The van der Waals surface area contributed by atoms with Gasteiger partial charge in [-0.3, -0.25) is 9.89 Å². The molecule has 3 N–H and O–H groups in total. The maximum atomic E-state index is 10.1. The van der Waals surface area contributed by atoms with Gasteiger partial charge in [0.2, 0.25) is 0 Å². The molecule has 30 heavy (non-hydrogen) atoms. The fraction of sp³-hybridized carbons (Fsp3) is 0.435. The van der Waals surface area contributed by atoms with Crippen LogP contribution in [0.1, 0.15) is 16.7 Å². The van der Waals surface area contributed by atoms with Crippen LogP contribution in [-0.2, 0) is 24.2 Å². The van der Waals surface area contributed by atoms with Crippen LogP contribution in [0.4, 0.5) is 0 Å². The number of morpholine rings is 1. The van der Waals surface area contributed by atoms with Crippen molar-refractivity contribution in [2.24, 2.45) is 4.99 Å². The minimum absolute atomic E-state index is 0.246. The average Bonchev–Trinajstić information content (AvgIpc) is 2.78. The molecule has 1 heterocycles. The van der Waals surface area contributed by atoms with Gasteiger partial charge in [-0.25, -0.2) is 0 Å². The maximum absolute atomic E-state index is 10.1. The van der Waals surface area contributed by atoms with E-state index < -0.39 is 0 Å². The second-order valence-electron chi connectivity index (χ2n) is 7.25. The Bertz CT molecular complexity index is 835. The second kappa shape index (κ2) is 11.4. The third kappa shape index (κ3) is 6.37. The molecule has 0 unspecified atom stereocenters. The third-order valence-electron chi connectivity index (χ3n) is 5.27.